The number of rotatable bonds is 5. The topological polar surface area (TPSA) is 123 Å². The fraction of sp³-hybridized carbons (Fsp3) is 0.321. The number of ether oxygens (including phenoxy) is 2. The van der Waals surface area contributed by atoms with Crippen molar-refractivity contribution < 1.29 is 28.1 Å². The minimum absolute atomic E-state index is 0.273. The summed E-state index contributed by atoms with van der Waals surface area (Å²) in [7, 11) is -3.09. The van der Waals surface area contributed by atoms with E-state index in [4.69, 9.17) is 9.47 Å². The van der Waals surface area contributed by atoms with Crippen LogP contribution in [0.5, 0.6) is 0 Å². The van der Waals surface area contributed by atoms with Gasteiger partial charge in [-0.3, -0.25) is 10.1 Å². The number of carbonyl (C=O) groups is 3. The minimum Gasteiger partial charge on any atom is -0.444 e. The fourth-order valence-electron chi connectivity index (χ4n) is 3.31. The molecule has 0 bridgehead atoms. The van der Waals surface area contributed by atoms with Gasteiger partial charge in [-0.2, -0.15) is 11.3 Å². The number of carbonyl (C=O) groups excluding carboxylic acids is 3. The molecule has 0 saturated heterocycles. The molecule has 9 nitrogen and oxygen atoms in total. The van der Waals surface area contributed by atoms with Crippen LogP contribution >= 0.6 is 11.3 Å². The third-order valence-corrected chi connectivity index (χ3v) is 7.28. The smallest absolute Gasteiger partial charge is 0.442 e. The normalized spacial score (nSPS) is 13.1. The van der Waals surface area contributed by atoms with Gasteiger partial charge < -0.3 is 14.8 Å². The molecule has 39 heavy (non-hydrogen) atoms. The molecule has 0 aliphatic rings. The lowest BCUT2D eigenvalue weighted by molar-refractivity contribution is 0.0603. The van der Waals surface area contributed by atoms with Crippen molar-refractivity contribution in [2.45, 2.75) is 57.6 Å². The molecule has 0 radical (unpaired) electrons. The van der Waals surface area contributed by atoms with Gasteiger partial charge in [-0.25, -0.2) is 13.8 Å². The zero-order valence-corrected chi connectivity index (χ0v) is 24.6. The summed E-state index contributed by atoms with van der Waals surface area (Å²) < 4.78 is 27.2. The number of nitrogens with zero attached hydrogens (tertiary/aromatic N) is 1. The van der Waals surface area contributed by atoms with Crippen molar-refractivity contribution >= 4 is 50.5 Å². The molecular weight excluding hydrogens is 538 g/mol. The number of hydrogen-bond donors (Lipinski definition) is 2. The summed E-state index contributed by atoms with van der Waals surface area (Å²) in [6.07, 6.45) is -0.249. The van der Waals surface area contributed by atoms with E-state index in [-0.39, 0.29) is 10.5 Å². The summed E-state index contributed by atoms with van der Waals surface area (Å²) in [6, 6.07) is 13.2. The summed E-state index contributed by atoms with van der Waals surface area (Å²) in [5.41, 5.74) is 1.37. The summed E-state index contributed by atoms with van der Waals surface area (Å²) in [5, 5.41) is 9.46. The van der Waals surface area contributed by atoms with Crippen LogP contribution in [0.2, 0.25) is 0 Å². The molecule has 0 aliphatic carbocycles. The molecule has 208 valence electrons. The van der Waals surface area contributed by atoms with Crippen molar-refractivity contribution in [3.8, 4) is 11.1 Å². The maximum absolute atomic E-state index is 13.2. The van der Waals surface area contributed by atoms with Crippen molar-refractivity contribution in [2.24, 2.45) is 4.36 Å². The molecule has 3 amide bonds. The molecular formula is C28H33N3O6S2. The van der Waals surface area contributed by atoms with E-state index < -0.39 is 39.0 Å². The van der Waals surface area contributed by atoms with Crippen LogP contribution in [0.4, 0.5) is 21.0 Å². The van der Waals surface area contributed by atoms with Gasteiger partial charge in [0.1, 0.15) is 11.2 Å². The standard InChI is InChI=1S/C28H33N3O6S2/c1-27(2,3)36-25(33)30-22-13-10-19(20-14-15-38-17-20)16-23(22)29-24(32)18-8-11-21(12-9-18)39(7,35)31-26(34)37-28(4,5)6/h8-17H,1-7H3,(H,29,32)(H,30,33). The summed E-state index contributed by atoms with van der Waals surface area (Å²) in [5.74, 6) is -0.456. The van der Waals surface area contributed by atoms with Crippen LogP contribution < -0.4 is 10.6 Å². The monoisotopic (exact) mass is 571 g/mol. The fourth-order valence-corrected chi connectivity index (χ4v) is 5.04. The number of thiophene rings is 1. The Morgan fingerprint density at radius 2 is 1.46 bits per heavy atom. The third-order valence-electron chi connectivity index (χ3n) is 4.95. The van der Waals surface area contributed by atoms with Gasteiger partial charge in [0.05, 0.1) is 21.1 Å². The van der Waals surface area contributed by atoms with E-state index in [0.717, 1.165) is 11.1 Å². The molecule has 2 N–H and O–H groups in total. The number of anilines is 2. The highest BCUT2D eigenvalue weighted by Crippen LogP contribution is 2.31. The zero-order chi connectivity index (χ0) is 29.0. The molecule has 2 aromatic carbocycles. The quantitative estimate of drug-likeness (QED) is 0.329. The molecule has 1 aromatic heterocycles. The Labute approximate surface area is 233 Å². The number of amides is 3. The Morgan fingerprint density at radius 3 is 2.03 bits per heavy atom. The van der Waals surface area contributed by atoms with Crippen LogP contribution in [-0.4, -0.2) is 39.8 Å². The van der Waals surface area contributed by atoms with Crippen molar-refractivity contribution in [1.82, 2.24) is 0 Å². The van der Waals surface area contributed by atoms with Crippen LogP contribution in [0.3, 0.4) is 0 Å². The largest absolute Gasteiger partial charge is 0.444 e. The molecule has 0 spiro atoms. The highest BCUT2D eigenvalue weighted by molar-refractivity contribution is 7.93. The van der Waals surface area contributed by atoms with Crippen LogP contribution in [0.1, 0.15) is 51.9 Å². The van der Waals surface area contributed by atoms with Gasteiger partial charge in [-0.1, -0.05) is 6.07 Å². The second-order valence-electron chi connectivity index (χ2n) is 10.8. The summed E-state index contributed by atoms with van der Waals surface area (Å²) in [6.45, 7) is 10.3. The lowest BCUT2D eigenvalue weighted by atomic mass is 10.1. The van der Waals surface area contributed by atoms with Crippen molar-refractivity contribution in [3.05, 3.63) is 64.9 Å². The molecule has 0 fully saturated rings. The van der Waals surface area contributed by atoms with E-state index in [2.05, 4.69) is 15.0 Å². The number of nitrogens with one attached hydrogen (secondary N) is 2. The van der Waals surface area contributed by atoms with E-state index in [1.54, 1.807) is 65.0 Å². The van der Waals surface area contributed by atoms with Crippen molar-refractivity contribution in [2.75, 3.05) is 16.9 Å². The SMILES string of the molecule is CC(C)(C)OC(=O)N=S(C)(=O)c1ccc(C(=O)Nc2cc(-c3ccsc3)ccc2NC(=O)OC(C)(C)C)cc1. The third kappa shape index (κ3) is 8.93. The number of hydrogen-bond acceptors (Lipinski definition) is 7. The predicted octanol–water partition coefficient (Wildman–Crippen LogP) is 7.41. The molecule has 3 aromatic rings. The van der Waals surface area contributed by atoms with Crippen LogP contribution in [0.15, 0.2) is 68.5 Å². The first kappa shape index (κ1) is 29.9. The first-order chi connectivity index (χ1) is 18.0. The molecule has 0 aliphatic heterocycles. The Morgan fingerprint density at radius 1 is 0.821 bits per heavy atom. The maximum Gasteiger partial charge on any atom is 0.442 e. The summed E-state index contributed by atoms with van der Waals surface area (Å²) in [4.78, 5) is 37.9. The lowest BCUT2D eigenvalue weighted by Gasteiger charge is -2.21. The van der Waals surface area contributed by atoms with E-state index in [0.29, 0.717) is 11.4 Å². The van der Waals surface area contributed by atoms with Gasteiger partial charge in [0.15, 0.2) is 0 Å². The highest BCUT2D eigenvalue weighted by atomic mass is 32.2. The lowest BCUT2D eigenvalue weighted by Crippen LogP contribution is -2.27. The Hall–Kier alpha value is -3.70. The molecule has 1 heterocycles. The van der Waals surface area contributed by atoms with Crippen molar-refractivity contribution in [3.63, 3.8) is 0 Å². The average Bonchev–Trinajstić information content (AvgIpc) is 3.32. The van der Waals surface area contributed by atoms with Gasteiger partial charge in [0.2, 0.25) is 0 Å². The van der Waals surface area contributed by atoms with Gasteiger partial charge in [0.25, 0.3) is 5.91 Å². The highest BCUT2D eigenvalue weighted by Gasteiger charge is 2.20. The van der Waals surface area contributed by atoms with E-state index in [9.17, 15) is 18.6 Å². The van der Waals surface area contributed by atoms with E-state index in [1.807, 2.05) is 22.9 Å². The second kappa shape index (κ2) is 11.6. The maximum atomic E-state index is 13.2. The molecule has 0 saturated carbocycles. The van der Waals surface area contributed by atoms with Gasteiger partial charge in [-0.15, -0.1) is 4.36 Å². The van der Waals surface area contributed by atoms with E-state index in [1.165, 1.54) is 30.5 Å². The Bertz CT molecular complexity index is 1470. The van der Waals surface area contributed by atoms with Gasteiger partial charge in [-0.05, 0) is 106 Å². The Balaban J connectivity index is 1.86. The zero-order valence-electron chi connectivity index (χ0n) is 23.0. The first-order valence-electron chi connectivity index (χ1n) is 12.1. The first-order valence-corrected chi connectivity index (χ1v) is 14.9. The minimum atomic E-state index is -3.09. The number of benzene rings is 2. The second-order valence-corrected chi connectivity index (χ2v) is 13.8. The molecule has 11 heteroatoms. The average molecular weight is 572 g/mol. The van der Waals surface area contributed by atoms with Crippen LogP contribution in [0.25, 0.3) is 11.1 Å². The van der Waals surface area contributed by atoms with Crippen LogP contribution in [-0.2, 0) is 19.2 Å². The van der Waals surface area contributed by atoms with Gasteiger partial charge in [0, 0.05) is 16.7 Å². The summed E-state index contributed by atoms with van der Waals surface area (Å²) >= 11 is 1.54. The van der Waals surface area contributed by atoms with Crippen LogP contribution in [0, 0.1) is 0 Å². The molecule has 1 atom stereocenters. The van der Waals surface area contributed by atoms with Gasteiger partial charge >= 0.3 is 12.2 Å². The van der Waals surface area contributed by atoms with E-state index >= 15 is 0 Å². The molecule has 1 unspecified atom stereocenters. The Kier molecular flexibility index (Phi) is 8.87. The predicted molar refractivity (Wildman–Crippen MR) is 155 cm³/mol. The van der Waals surface area contributed by atoms with Crippen molar-refractivity contribution in [1.29, 1.82) is 0 Å². The molecule has 3 rings (SSSR count).